The molecule has 1 aromatic rings. The van der Waals surface area contributed by atoms with Crippen molar-refractivity contribution in [2.24, 2.45) is 5.73 Å². The van der Waals surface area contributed by atoms with Gasteiger partial charge < -0.3 is 5.73 Å². The monoisotopic (exact) mass is 267 g/mol. The third-order valence-corrected chi connectivity index (χ3v) is 3.24. The van der Waals surface area contributed by atoms with E-state index in [0.29, 0.717) is 12.1 Å². The Morgan fingerprint density at radius 2 is 1.53 bits per heavy atom. The zero-order valence-electron chi connectivity index (χ0n) is 12.1. The van der Waals surface area contributed by atoms with Gasteiger partial charge in [-0.05, 0) is 40.7 Å². The summed E-state index contributed by atoms with van der Waals surface area (Å²) in [5, 5.41) is 0. The van der Waals surface area contributed by atoms with Crippen LogP contribution < -0.4 is 5.73 Å². The molecule has 106 valence electrons. The van der Waals surface area contributed by atoms with Gasteiger partial charge in [0.05, 0.1) is 0 Å². The first kappa shape index (κ1) is 15.7. The van der Waals surface area contributed by atoms with Crippen molar-refractivity contribution in [3.05, 3.63) is 46.7 Å². The minimum Gasteiger partial charge on any atom is -0.402 e. The van der Waals surface area contributed by atoms with Crippen LogP contribution in [0.5, 0.6) is 0 Å². The van der Waals surface area contributed by atoms with Crippen LogP contribution in [0, 0.1) is 0 Å². The average molecular weight is 267 g/mol. The standard InChI is InChI=1S/C16H23F2N/c1-9(2)13-7-12(16(17)18)8-14(10(3)4)15(13)6-11(5)19/h7-10,16H,5-6,19H2,1-4H3. The summed E-state index contributed by atoms with van der Waals surface area (Å²) in [6.07, 6.45) is -1.89. The highest BCUT2D eigenvalue weighted by Gasteiger charge is 2.19. The fourth-order valence-electron chi connectivity index (χ4n) is 2.33. The lowest BCUT2D eigenvalue weighted by atomic mass is 9.85. The van der Waals surface area contributed by atoms with Gasteiger partial charge in [0.1, 0.15) is 0 Å². The molecule has 0 saturated heterocycles. The highest BCUT2D eigenvalue weighted by Crippen LogP contribution is 2.33. The molecular formula is C16H23F2N. The van der Waals surface area contributed by atoms with Gasteiger partial charge in [-0.25, -0.2) is 8.78 Å². The maximum Gasteiger partial charge on any atom is 0.263 e. The molecule has 0 heterocycles. The molecule has 0 unspecified atom stereocenters. The predicted octanol–water partition coefficient (Wildman–Crippen LogP) is 4.89. The van der Waals surface area contributed by atoms with Crippen LogP contribution in [0.1, 0.15) is 68.2 Å². The average Bonchev–Trinajstić information content (AvgIpc) is 2.27. The molecule has 0 fully saturated rings. The van der Waals surface area contributed by atoms with Gasteiger partial charge in [-0.1, -0.05) is 34.3 Å². The molecule has 0 radical (unpaired) electrons. The van der Waals surface area contributed by atoms with Gasteiger partial charge in [0, 0.05) is 17.7 Å². The Morgan fingerprint density at radius 1 is 1.11 bits per heavy atom. The van der Waals surface area contributed by atoms with Crippen LogP contribution in [0.4, 0.5) is 8.78 Å². The minimum atomic E-state index is -2.44. The summed E-state index contributed by atoms with van der Waals surface area (Å²) >= 11 is 0. The molecule has 0 aliphatic carbocycles. The number of hydrogen-bond donors (Lipinski definition) is 1. The van der Waals surface area contributed by atoms with Crippen molar-refractivity contribution in [1.29, 1.82) is 0 Å². The summed E-state index contributed by atoms with van der Waals surface area (Å²) in [6.45, 7) is 11.8. The molecule has 0 atom stereocenters. The number of hydrogen-bond acceptors (Lipinski definition) is 1. The van der Waals surface area contributed by atoms with Gasteiger partial charge in [-0.15, -0.1) is 0 Å². The number of nitrogens with two attached hydrogens (primary N) is 1. The molecule has 2 N–H and O–H groups in total. The van der Waals surface area contributed by atoms with E-state index in [1.807, 2.05) is 27.7 Å². The first-order valence-electron chi connectivity index (χ1n) is 6.62. The molecule has 0 bridgehead atoms. The quantitative estimate of drug-likeness (QED) is 0.808. The molecule has 19 heavy (non-hydrogen) atoms. The van der Waals surface area contributed by atoms with Crippen molar-refractivity contribution in [2.45, 2.75) is 52.4 Å². The van der Waals surface area contributed by atoms with Crippen LogP contribution in [0.25, 0.3) is 0 Å². The molecule has 1 rings (SSSR count). The number of rotatable bonds is 5. The molecule has 0 amide bonds. The van der Waals surface area contributed by atoms with E-state index < -0.39 is 6.43 Å². The Morgan fingerprint density at radius 3 is 1.79 bits per heavy atom. The lowest BCUT2D eigenvalue weighted by molar-refractivity contribution is 0.151. The number of alkyl halides is 2. The van der Waals surface area contributed by atoms with Crippen molar-refractivity contribution in [3.63, 3.8) is 0 Å². The van der Waals surface area contributed by atoms with Gasteiger partial charge >= 0.3 is 0 Å². The Balaban J connectivity index is 3.50. The Hall–Kier alpha value is -1.38. The lowest BCUT2D eigenvalue weighted by Crippen LogP contribution is -2.09. The third kappa shape index (κ3) is 3.79. The normalized spacial score (nSPS) is 11.6. The van der Waals surface area contributed by atoms with Crippen LogP contribution in [-0.2, 0) is 6.42 Å². The first-order chi connectivity index (χ1) is 8.73. The van der Waals surface area contributed by atoms with Crippen molar-refractivity contribution in [2.75, 3.05) is 0 Å². The van der Waals surface area contributed by atoms with E-state index in [0.717, 1.165) is 16.7 Å². The van der Waals surface area contributed by atoms with E-state index >= 15 is 0 Å². The van der Waals surface area contributed by atoms with Crippen molar-refractivity contribution >= 4 is 0 Å². The molecule has 3 heteroatoms. The maximum atomic E-state index is 13.0. The summed E-state index contributed by atoms with van der Waals surface area (Å²) in [5.74, 6) is 0.371. The SMILES string of the molecule is C=C(N)Cc1c(C(C)C)cc(C(F)F)cc1C(C)C. The van der Waals surface area contributed by atoms with Crippen LogP contribution in [-0.4, -0.2) is 0 Å². The Kier molecular flexibility index (Phi) is 5.10. The summed E-state index contributed by atoms with van der Waals surface area (Å²) in [5.41, 5.74) is 9.34. The van der Waals surface area contributed by atoms with Crippen LogP contribution in [0.3, 0.4) is 0 Å². The predicted molar refractivity (Wildman–Crippen MR) is 76.6 cm³/mol. The summed E-state index contributed by atoms with van der Waals surface area (Å²) in [6, 6.07) is 3.22. The van der Waals surface area contributed by atoms with E-state index in [4.69, 9.17) is 5.73 Å². The van der Waals surface area contributed by atoms with E-state index in [1.165, 1.54) is 0 Å². The minimum absolute atomic E-state index is 0.0961. The Labute approximate surface area is 114 Å². The topological polar surface area (TPSA) is 26.0 Å². The number of benzene rings is 1. The van der Waals surface area contributed by atoms with E-state index in [9.17, 15) is 8.78 Å². The molecule has 0 saturated carbocycles. The lowest BCUT2D eigenvalue weighted by Gasteiger charge is -2.21. The van der Waals surface area contributed by atoms with Crippen LogP contribution >= 0.6 is 0 Å². The highest BCUT2D eigenvalue weighted by molar-refractivity contribution is 5.44. The number of allylic oxidation sites excluding steroid dienone is 1. The zero-order valence-corrected chi connectivity index (χ0v) is 12.1. The van der Waals surface area contributed by atoms with Gasteiger partial charge in [0.15, 0.2) is 0 Å². The first-order valence-corrected chi connectivity index (χ1v) is 6.62. The smallest absolute Gasteiger partial charge is 0.263 e. The highest BCUT2D eigenvalue weighted by atomic mass is 19.3. The summed E-state index contributed by atoms with van der Waals surface area (Å²) in [7, 11) is 0. The molecule has 0 aliphatic rings. The second-order valence-electron chi connectivity index (χ2n) is 5.62. The molecule has 0 aromatic heterocycles. The van der Waals surface area contributed by atoms with Gasteiger partial charge in [-0.2, -0.15) is 0 Å². The van der Waals surface area contributed by atoms with Gasteiger partial charge in [-0.3, -0.25) is 0 Å². The number of halogens is 2. The van der Waals surface area contributed by atoms with Crippen molar-refractivity contribution in [1.82, 2.24) is 0 Å². The fraction of sp³-hybridized carbons (Fsp3) is 0.500. The Bertz CT molecular complexity index is 433. The largest absolute Gasteiger partial charge is 0.402 e. The third-order valence-electron chi connectivity index (χ3n) is 3.24. The van der Waals surface area contributed by atoms with Gasteiger partial charge in [0.2, 0.25) is 0 Å². The molecular weight excluding hydrogens is 244 g/mol. The fourth-order valence-corrected chi connectivity index (χ4v) is 2.33. The second kappa shape index (κ2) is 6.18. The van der Waals surface area contributed by atoms with Crippen molar-refractivity contribution < 1.29 is 8.78 Å². The van der Waals surface area contributed by atoms with E-state index in [1.54, 1.807) is 12.1 Å². The molecule has 0 aliphatic heterocycles. The van der Waals surface area contributed by atoms with E-state index in [-0.39, 0.29) is 17.4 Å². The van der Waals surface area contributed by atoms with Crippen LogP contribution in [0.2, 0.25) is 0 Å². The zero-order chi connectivity index (χ0) is 14.7. The summed E-state index contributed by atoms with van der Waals surface area (Å²) in [4.78, 5) is 0. The van der Waals surface area contributed by atoms with E-state index in [2.05, 4.69) is 6.58 Å². The van der Waals surface area contributed by atoms with Crippen molar-refractivity contribution in [3.8, 4) is 0 Å². The molecule has 1 aromatic carbocycles. The maximum absolute atomic E-state index is 13.0. The van der Waals surface area contributed by atoms with Gasteiger partial charge in [0.25, 0.3) is 6.43 Å². The second-order valence-corrected chi connectivity index (χ2v) is 5.62. The summed E-state index contributed by atoms with van der Waals surface area (Å²) < 4.78 is 26.0. The molecule has 0 spiro atoms. The van der Waals surface area contributed by atoms with Crippen LogP contribution in [0.15, 0.2) is 24.4 Å². The molecule has 1 nitrogen and oxygen atoms in total.